The number of benzene rings is 2. The lowest BCUT2D eigenvalue weighted by atomic mass is 10.0. The van der Waals surface area contributed by atoms with Crippen LogP contribution in [-0.4, -0.2) is 18.7 Å². The summed E-state index contributed by atoms with van der Waals surface area (Å²) in [6.45, 7) is 5.96. The molecule has 2 aromatic carbocycles. The molecule has 0 aliphatic heterocycles. The summed E-state index contributed by atoms with van der Waals surface area (Å²) in [6, 6.07) is 15.8. The smallest absolute Gasteiger partial charge is 0.277 e. The summed E-state index contributed by atoms with van der Waals surface area (Å²) in [5, 5.41) is 4.00. The van der Waals surface area contributed by atoms with Gasteiger partial charge in [0.25, 0.3) is 5.91 Å². The van der Waals surface area contributed by atoms with Gasteiger partial charge in [-0.3, -0.25) is 4.79 Å². The third-order valence-electron chi connectivity index (χ3n) is 3.73. The summed E-state index contributed by atoms with van der Waals surface area (Å²) in [4.78, 5) is 11.8. The Kier molecular flexibility index (Phi) is 5.92. The number of rotatable bonds is 6. The molecular weight excluding hydrogens is 288 g/mol. The normalized spacial score (nSPS) is 12.1. The quantitative estimate of drug-likeness (QED) is 0.655. The Bertz CT molecular complexity index is 681. The van der Waals surface area contributed by atoms with E-state index >= 15 is 0 Å². The summed E-state index contributed by atoms with van der Waals surface area (Å²) >= 11 is 0. The van der Waals surface area contributed by atoms with Crippen LogP contribution in [0.3, 0.4) is 0 Å². The molecule has 1 unspecified atom stereocenters. The molecule has 0 aromatic heterocycles. The minimum Gasteiger partial charge on any atom is -0.483 e. The first-order valence-electron chi connectivity index (χ1n) is 7.64. The van der Waals surface area contributed by atoms with E-state index in [4.69, 9.17) is 4.74 Å². The van der Waals surface area contributed by atoms with Crippen molar-refractivity contribution in [2.45, 2.75) is 26.7 Å². The van der Waals surface area contributed by atoms with E-state index in [-0.39, 0.29) is 18.4 Å². The molecule has 0 saturated carbocycles. The number of ether oxygens (including phenoxy) is 1. The van der Waals surface area contributed by atoms with Crippen LogP contribution in [0.4, 0.5) is 0 Å². The van der Waals surface area contributed by atoms with E-state index in [1.165, 1.54) is 0 Å². The standard InChI is InChI=1S/C19H22N2O2/c1-14-8-7-11-18(16(14)3)23-13-19(22)21-20-12-15(2)17-9-5-4-6-10-17/h4-12,15H,13H2,1-3H3,(H,21,22)/b20-12-. The van der Waals surface area contributed by atoms with Gasteiger partial charge >= 0.3 is 0 Å². The highest BCUT2D eigenvalue weighted by atomic mass is 16.5. The summed E-state index contributed by atoms with van der Waals surface area (Å²) in [5.41, 5.74) is 5.82. The van der Waals surface area contributed by atoms with Gasteiger partial charge in [0.15, 0.2) is 6.61 Å². The van der Waals surface area contributed by atoms with Gasteiger partial charge in [0, 0.05) is 12.1 Å². The van der Waals surface area contributed by atoms with Gasteiger partial charge in [0.1, 0.15) is 5.75 Å². The van der Waals surface area contributed by atoms with E-state index in [9.17, 15) is 4.79 Å². The van der Waals surface area contributed by atoms with E-state index in [1.807, 2.05) is 69.3 Å². The van der Waals surface area contributed by atoms with Crippen LogP contribution in [0.1, 0.15) is 29.5 Å². The average molecular weight is 310 g/mol. The van der Waals surface area contributed by atoms with E-state index in [1.54, 1.807) is 6.21 Å². The highest BCUT2D eigenvalue weighted by molar-refractivity contribution is 5.79. The fraction of sp³-hybridized carbons (Fsp3) is 0.263. The van der Waals surface area contributed by atoms with E-state index in [2.05, 4.69) is 10.5 Å². The predicted molar refractivity (Wildman–Crippen MR) is 92.9 cm³/mol. The number of carbonyl (C=O) groups is 1. The zero-order chi connectivity index (χ0) is 16.7. The van der Waals surface area contributed by atoms with Crippen LogP contribution < -0.4 is 10.2 Å². The molecule has 0 aliphatic rings. The van der Waals surface area contributed by atoms with Crippen molar-refractivity contribution < 1.29 is 9.53 Å². The minimum atomic E-state index is -0.276. The van der Waals surface area contributed by atoms with Crippen LogP contribution in [0.2, 0.25) is 0 Å². The van der Waals surface area contributed by atoms with Gasteiger partial charge in [-0.2, -0.15) is 5.10 Å². The van der Waals surface area contributed by atoms with Crippen LogP contribution in [0.15, 0.2) is 53.6 Å². The Balaban J connectivity index is 1.81. The molecule has 2 aromatic rings. The number of hydrogen-bond donors (Lipinski definition) is 1. The molecule has 23 heavy (non-hydrogen) atoms. The monoisotopic (exact) mass is 310 g/mol. The maximum Gasteiger partial charge on any atom is 0.277 e. The number of hydrazone groups is 1. The molecule has 1 amide bonds. The SMILES string of the molecule is Cc1cccc(OCC(=O)N/N=C\C(C)c2ccccc2)c1C. The van der Waals surface area contributed by atoms with Gasteiger partial charge in [-0.25, -0.2) is 5.43 Å². The van der Waals surface area contributed by atoms with E-state index in [0.29, 0.717) is 0 Å². The molecule has 4 heteroatoms. The molecule has 1 atom stereocenters. The van der Waals surface area contributed by atoms with Crippen molar-refractivity contribution in [3.05, 3.63) is 65.2 Å². The lowest BCUT2D eigenvalue weighted by molar-refractivity contribution is -0.123. The molecule has 0 fully saturated rings. The van der Waals surface area contributed by atoms with Gasteiger partial charge in [-0.05, 0) is 36.6 Å². The molecular formula is C19H22N2O2. The third kappa shape index (κ3) is 4.95. The molecule has 1 N–H and O–H groups in total. The van der Waals surface area contributed by atoms with Gasteiger partial charge in [0.05, 0.1) is 0 Å². The second-order valence-electron chi connectivity index (χ2n) is 5.50. The molecule has 120 valence electrons. The van der Waals surface area contributed by atoms with Crippen molar-refractivity contribution in [1.82, 2.24) is 5.43 Å². The Morgan fingerprint density at radius 3 is 2.65 bits per heavy atom. The average Bonchev–Trinajstić information content (AvgIpc) is 2.57. The van der Waals surface area contributed by atoms with Crippen molar-refractivity contribution in [2.75, 3.05) is 6.61 Å². The van der Waals surface area contributed by atoms with Crippen LogP contribution in [0.25, 0.3) is 0 Å². The van der Waals surface area contributed by atoms with Crippen molar-refractivity contribution in [3.8, 4) is 5.75 Å². The van der Waals surface area contributed by atoms with Crippen molar-refractivity contribution in [3.63, 3.8) is 0 Å². The largest absolute Gasteiger partial charge is 0.483 e. The Hall–Kier alpha value is -2.62. The maximum absolute atomic E-state index is 11.8. The van der Waals surface area contributed by atoms with Gasteiger partial charge < -0.3 is 4.74 Å². The molecule has 0 saturated heterocycles. The highest BCUT2D eigenvalue weighted by Crippen LogP contribution is 2.20. The molecule has 0 radical (unpaired) electrons. The maximum atomic E-state index is 11.8. The molecule has 0 aliphatic carbocycles. The van der Waals surface area contributed by atoms with E-state index < -0.39 is 0 Å². The first-order valence-corrected chi connectivity index (χ1v) is 7.64. The first kappa shape index (κ1) is 16.7. The Morgan fingerprint density at radius 1 is 1.17 bits per heavy atom. The first-order chi connectivity index (χ1) is 11.1. The third-order valence-corrected chi connectivity index (χ3v) is 3.73. The minimum absolute atomic E-state index is 0.0542. The lowest BCUT2D eigenvalue weighted by Crippen LogP contribution is -2.25. The van der Waals surface area contributed by atoms with Crippen molar-refractivity contribution in [2.24, 2.45) is 5.10 Å². The van der Waals surface area contributed by atoms with Gasteiger partial charge in [0.2, 0.25) is 0 Å². The second-order valence-corrected chi connectivity index (χ2v) is 5.50. The van der Waals surface area contributed by atoms with Crippen molar-refractivity contribution >= 4 is 12.1 Å². The molecule has 0 heterocycles. The number of aryl methyl sites for hydroxylation is 1. The highest BCUT2D eigenvalue weighted by Gasteiger charge is 2.06. The molecule has 4 nitrogen and oxygen atoms in total. The van der Waals surface area contributed by atoms with Gasteiger partial charge in [-0.15, -0.1) is 0 Å². The number of nitrogens with one attached hydrogen (secondary N) is 1. The fourth-order valence-electron chi connectivity index (χ4n) is 2.12. The lowest BCUT2D eigenvalue weighted by Gasteiger charge is -2.10. The second kappa shape index (κ2) is 8.13. The van der Waals surface area contributed by atoms with Crippen LogP contribution in [0.5, 0.6) is 5.75 Å². The zero-order valence-electron chi connectivity index (χ0n) is 13.7. The number of amides is 1. The van der Waals surface area contributed by atoms with Crippen LogP contribution in [-0.2, 0) is 4.79 Å². The van der Waals surface area contributed by atoms with Crippen LogP contribution >= 0.6 is 0 Å². The molecule has 0 spiro atoms. The Morgan fingerprint density at radius 2 is 1.91 bits per heavy atom. The Labute approximate surface area is 137 Å². The molecule has 0 bridgehead atoms. The van der Waals surface area contributed by atoms with Crippen LogP contribution in [0, 0.1) is 13.8 Å². The predicted octanol–water partition coefficient (Wildman–Crippen LogP) is 3.59. The molecule has 2 rings (SSSR count). The summed E-state index contributed by atoms with van der Waals surface area (Å²) in [7, 11) is 0. The number of hydrogen-bond acceptors (Lipinski definition) is 3. The zero-order valence-corrected chi connectivity index (χ0v) is 13.7. The summed E-state index contributed by atoms with van der Waals surface area (Å²) in [6.07, 6.45) is 1.71. The summed E-state index contributed by atoms with van der Waals surface area (Å²) < 4.78 is 5.54. The van der Waals surface area contributed by atoms with Gasteiger partial charge in [-0.1, -0.05) is 49.4 Å². The number of carbonyl (C=O) groups excluding carboxylic acids is 1. The summed E-state index contributed by atoms with van der Waals surface area (Å²) in [5.74, 6) is 0.584. The fourth-order valence-corrected chi connectivity index (χ4v) is 2.12. The number of nitrogens with zero attached hydrogens (tertiary/aromatic N) is 1. The topological polar surface area (TPSA) is 50.7 Å². The van der Waals surface area contributed by atoms with E-state index in [0.717, 1.165) is 22.4 Å². The van der Waals surface area contributed by atoms with Crippen molar-refractivity contribution in [1.29, 1.82) is 0 Å².